The van der Waals surface area contributed by atoms with Crippen LogP contribution in [0.1, 0.15) is 31.2 Å². The summed E-state index contributed by atoms with van der Waals surface area (Å²) < 4.78 is 10.3. The van der Waals surface area contributed by atoms with Gasteiger partial charge in [-0.05, 0) is 24.1 Å². The summed E-state index contributed by atoms with van der Waals surface area (Å²) in [7, 11) is 1.55. The number of imide groups is 1. The van der Waals surface area contributed by atoms with Crippen molar-refractivity contribution < 1.29 is 23.9 Å². The third kappa shape index (κ3) is 3.39. The summed E-state index contributed by atoms with van der Waals surface area (Å²) in [5.74, 6) is -1.35. The van der Waals surface area contributed by atoms with Crippen molar-refractivity contribution in [2.75, 3.05) is 7.11 Å². The summed E-state index contributed by atoms with van der Waals surface area (Å²) in [5, 5.41) is 2.11. The van der Waals surface area contributed by atoms with Crippen molar-refractivity contribution in [3.8, 4) is 5.75 Å². The van der Waals surface area contributed by atoms with E-state index in [1.807, 2.05) is 6.92 Å². The number of hydrogen-bond donors (Lipinski definition) is 1. The molecule has 0 bridgehead atoms. The molecule has 2 unspecified atom stereocenters. The van der Waals surface area contributed by atoms with Gasteiger partial charge in [-0.15, -0.1) is 0 Å². The van der Waals surface area contributed by atoms with Crippen LogP contribution in [0, 0.1) is 0 Å². The fraction of sp³-hybridized carbons (Fsp3) is 0.400. The van der Waals surface area contributed by atoms with Crippen LogP contribution >= 0.6 is 0 Å². The molecule has 0 spiro atoms. The number of ether oxygens (including phenoxy) is 2. The molecule has 1 aliphatic heterocycles. The van der Waals surface area contributed by atoms with Crippen molar-refractivity contribution in [1.82, 2.24) is 5.32 Å². The fourth-order valence-electron chi connectivity index (χ4n) is 2.24. The van der Waals surface area contributed by atoms with Crippen molar-refractivity contribution in [3.63, 3.8) is 0 Å². The van der Waals surface area contributed by atoms with Gasteiger partial charge in [0.25, 0.3) is 5.91 Å². The highest BCUT2D eigenvalue weighted by atomic mass is 16.5. The van der Waals surface area contributed by atoms with Crippen LogP contribution in [0.15, 0.2) is 24.3 Å². The van der Waals surface area contributed by atoms with E-state index in [0.29, 0.717) is 12.2 Å². The predicted molar refractivity (Wildman–Crippen MR) is 73.7 cm³/mol. The summed E-state index contributed by atoms with van der Waals surface area (Å²) >= 11 is 0. The largest absolute Gasteiger partial charge is 0.497 e. The summed E-state index contributed by atoms with van der Waals surface area (Å²) in [6.07, 6.45) is -0.613. The van der Waals surface area contributed by atoms with Gasteiger partial charge in [-0.1, -0.05) is 19.1 Å². The third-order valence-corrected chi connectivity index (χ3v) is 3.37. The molecule has 21 heavy (non-hydrogen) atoms. The highest BCUT2D eigenvalue weighted by molar-refractivity contribution is 6.05. The minimum absolute atomic E-state index is 0.112. The summed E-state index contributed by atoms with van der Waals surface area (Å²) in [4.78, 5) is 34.8. The smallest absolute Gasteiger partial charge is 0.314 e. The normalized spacial score (nSPS) is 19.0. The van der Waals surface area contributed by atoms with E-state index < -0.39 is 29.8 Å². The molecule has 1 heterocycles. The molecule has 1 aliphatic rings. The second-order valence-corrected chi connectivity index (χ2v) is 4.78. The number of amides is 2. The number of carbonyl (C=O) groups excluding carboxylic acids is 3. The Kier molecular flexibility index (Phi) is 4.57. The van der Waals surface area contributed by atoms with E-state index in [2.05, 4.69) is 5.32 Å². The van der Waals surface area contributed by atoms with Crippen LogP contribution in [-0.2, 0) is 19.1 Å². The average Bonchev–Trinajstić information content (AvgIpc) is 2.78. The molecule has 6 heteroatoms. The molecule has 1 saturated heterocycles. The first-order valence-corrected chi connectivity index (χ1v) is 6.73. The second kappa shape index (κ2) is 6.39. The first-order chi connectivity index (χ1) is 10.0. The first-order valence-electron chi connectivity index (χ1n) is 6.73. The molecule has 2 atom stereocenters. The zero-order chi connectivity index (χ0) is 15.4. The molecule has 1 aromatic rings. The Morgan fingerprint density at radius 2 is 2.19 bits per heavy atom. The van der Waals surface area contributed by atoms with E-state index in [9.17, 15) is 14.4 Å². The topological polar surface area (TPSA) is 81.7 Å². The van der Waals surface area contributed by atoms with Crippen molar-refractivity contribution >= 4 is 17.8 Å². The molecular weight excluding hydrogens is 274 g/mol. The van der Waals surface area contributed by atoms with Gasteiger partial charge in [0.2, 0.25) is 5.91 Å². The van der Waals surface area contributed by atoms with E-state index in [-0.39, 0.29) is 6.42 Å². The van der Waals surface area contributed by atoms with Crippen LogP contribution in [0.3, 0.4) is 0 Å². The van der Waals surface area contributed by atoms with Crippen LogP contribution in [0.5, 0.6) is 5.75 Å². The van der Waals surface area contributed by atoms with Gasteiger partial charge in [-0.3, -0.25) is 19.7 Å². The Morgan fingerprint density at radius 3 is 2.76 bits per heavy atom. The molecule has 2 amide bonds. The Labute approximate surface area is 122 Å². The van der Waals surface area contributed by atoms with Gasteiger partial charge in [-0.2, -0.15) is 0 Å². The van der Waals surface area contributed by atoms with Crippen molar-refractivity contribution in [2.45, 2.75) is 31.8 Å². The number of hydrogen-bond acceptors (Lipinski definition) is 5. The molecule has 0 aromatic heterocycles. The van der Waals surface area contributed by atoms with Crippen LogP contribution in [0.4, 0.5) is 0 Å². The average molecular weight is 291 g/mol. The monoisotopic (exact) mass is 291 g/mol. The van der Waals surface area contributed by atoms with Crippen molar-refractivity contribution in [3.05, 3.63) is 29.8 Å². The molecule has 112 valence electrons. The molecule has 0 radical (unpaired) electrons. The Bertz CT molecular complexity index is 569. The minimum Gasteiger partial charge on any atom is -0.497 e. The zero-order valence-corrected chi connectivity index (χ0v) is 11.9. The molecular formula is C15H17NO5. The maximum atomic E-state index is 12.2. The molecule has 1 aromatic carbocycles. The Balaban J connectivity index is 2.11. The summed E-state index contributed by atoms with van der Waals surface area (Å²) in [6.45, 7) is 1.85. The van der Waals surface area contributed by atoms with Crippen molar-refractivity contribution in [2.24, 2.45) is 0 Å². The SMILES string of the molecule is CCC(C(=O)OC1CC(=O)NC1=O)c1cccc(OC)c1. The van der Waals surface area contributed by atoms with Crippen LogP contribution < -0.4 is 10.1 Å². The highest BCUT2D eigenvalue weighted by Crippen LogP contribution is 2.25. The van der Waals surface area contributed by atoms with Gasteiger partial charge in [0.05, 0.1) is 19.4 Å². The standard InChI is InChI=1S/C15H17NO5/c1-3-11(9-5-4-6-10(7-9)20-2)15(19)21-12-8-13(17)16-14(12)18/h4-7,11-12H,3,8H2,1-2H3,(H,16,17,18). The van der Waals surface area contributed by atoms with E-state index in [4.69, 9.17) is 9.47 Å². The number of benzene rings is 1. The Hall–Kier alpha value is -2.37. The molecule has 1 N–H and O–H groups in total. The van der Waals surface area contributed by atoms with Gasteiger partial charge in [0.15, 0.2) is 6.10 Å². The van der Waals surface area contributed by atoms with Crippen LogP contribution in [0.2, 0.25) is 0 Å². The number of methoxy groups -OCH3 is 1. The zero-order valence-electron chi connectivity index (χ0n) is 11.9. The lowest BCUT2D eigenvalue weighted by molar-refractivity contribution is -0.155. The van der Waals surface area contributed by atoms with Gasteiger partial charge in [-0.25, -0.2) is 0 Å². The molecule has 6 nitrogen and oxygen atoms in total. The molecule has 2 rings (SSSR count). The molecule has 0 aliphatic carbocycles. The van der Waals surface area contributed by atoms with Gasteiger partial charge < -0.3 is 9.47 Å². The number of nitrogens with one attached hydrogen (secondary N) is 1. The maximum Gasteiger partial charge on any atom is 0.314 e. The summed E-state index contributed by atoms with van der Waals surface area (Å²) in [6, 6.07) is 7.13. The van der Waals surface area contributed by atoms with E-state index in [1.165, 1.54) is 0 Å². The number of esters is 1. The number of rotatable bonds is 5. The molecule has 0 saturated carbocycles. The maximum absolute atomic E-state index is 12.2. The van der Waals surface area contributed by atoms with Crippen molar-refractivity contribution in [1.29, 1.82) is 0 Å². The fourth-order valence-corrected chi connectivity index (χ4v) is 2.24. The van der Waals surface area contributed by atoms with Gasteiger partial charge >= 0.3 is 5.97 Å². The first kappa shape index (κ1) is 15.0. The number of carbonyl (C=O) groups is 3. The molecule has 1 fully saturated rings. The second-order valence-electron chi connectivity index (χ2n) is 4.78. The predicted octanol–water partition coefficient (Wildman–Crippen LogP) is 1.15. The Morgan fingerprint density at radius 1 is 1.43 bits per heavy atom. The lowest BCUT2D eigenvalue weighted by Crippen LogP contribution is -2.30. The highest BCUT2D eigenvalue weighted by Gasteiger charge is 2.35. The van der Waals surface area contributed by atoms with Gasteiger partial charge in [0.1, 0.15) is 5.75 Å². The third-order valence-electron chi connectivity index (χ3n) is 3.37. The quantitative estimate of drug-likeness (QED) is 0.650. The van der Waals surface area contributed by atoms with E-state index >= 15 is 0 Å². The minimum atomic E-state index is -1.02. The summed E-state index contributed by atoms with van der Waals surface area (Å²) in [5.41, 5.74) is 0.756. The van der Waals surface area contributed by atoms with E-state index in [0.717, 1.165) is 5.56 Å². The van der Waals surface area contributed by atoms with Gasteiger partial charge in [0, 0.05) is 0 Å². The van der Waals surface area contributed by atoms with E-state index in [1.54, 1.807) is 31.4 Å². The lowest BCUT2D eigenvalue weighted by Gasteiger charge is -2.17. The van der Waals surface area contributed by atoms with Crippen LogP contribution in [0.25, 0.3) is 0 Å². The van der Waals surface area contributed by atoms with Crippen LogP contribution in [-0.4, -0.2) is 31.0 Å². The lowest BCUT2D eigenvalue weighted by atomic mass is 9.96.